The van der Waals surface area contributed by atoms with Crippen molar-refractivity contribution in [3.05, 3.63) is 29.8 Å². The van der Waals surface area contributed by atoms with Crippen LogP contribution in [0.5, 0.6) is 0 Å². The molecule has 74 valence electrons. The van der Waals surface area contributed by atoms with Gasteiger partial charge in [-0.2, -0.15) is 0 Å². The van der Waals surface area contributed by atoms with Gasteiger partial charge in [0.15, 0.2) is 6.23 Å². The van der Waals surface area contributed by atoms with Gasteiger partial charge in [0.25, 0.3) is 0 Å². The lowest BCUT2D eigenvalue weighted by atomic mass is 10.1. The molecule has 4 nitrogen and oxygen atoms in total. The second-order valence-corrected chi connectivity index (χ2v) is 3.14. The molecule has 0 aliphatic carbocycles. The largest absolute Gasteiger partial charge is 0.372 e. The zero-order valence-corrected chi connectivity index (χ0v) is 7.75. The van der Waals surface area contributed by atoms with Gasteiger partial charge in [0, 0.05) is 12.7 Å². The van der Waals surface area contributed by atoms with Gasteiger partial charge in [-0.1, -0.05) is 18.2 Å². The van der Waals surface area contributed by atoms with Gasteiger partial charge in [-0.25, -0.2) is 0 Å². The minimum absolute atomic E-state index is 0.448. The molecule has 2 rings (SSSR count). The van der Waals surface area contributed by atoms with Crippen LogP contribution in [0.1, 0.15) is 11.7 Å². The third-order valence-electron chi connectivity index (χ3n) is 2.44. The fraction of sp³-hybridized carbons (Fsp3) is 0.300. The first-order valence-electron chi connectivity index (χ1n) is 4.33. The Morgan fingerprint density at radius 3 is 2.86 bits per heavy atom. The first-order chi connectivity index (χ1) is 6.79. The van der Waals surface area contributed by atoms with Crippen molar-refractivity contribution in [3.63, 3.8) is 0 Å². The highest BCUT2D eigenvalue weighted by atomic mass is 16.5. The van der Waals surface area contributed by atoms with E-state index in [1.54, 1.807) is 6.07 Å². The van der Waals surface area contributed by atoms with E-state index in [1.807, 2.05) is 18.2 Å². The number of rotatable bonds is 2. The third kappa shape index (κ3) is 1.12. The topological polar surface area (TPSA) is 49.8 Å². The number of fused-ring (bicyclic) bond motifs is 1. The number of nitrogens with zero attached hydrogens (tertiary/aromatic N) is 1. The number of anilines is 1. The summed E-state index contributed by atoms with van der Waals surface area (Å²) in [6.45, 7) is 0. The summed E-state index contributed by atoms with van der Waals surface area (Å²) in [5, 5.41) is 9.74. The molecule has 0 radical (unpaired) electrons. The summed E-state index contributed by atoms with van der Waals surface area (Å²) >= 11 is 0. The number of para-hydroxylation sites is 1. The number of carbonyl (C=O) groups excluding carboxylic acids is 1. The van der Waals surface area contributed by atoms with E-state index in [0.717, 1.165) is 5.56 Å². The molecule has 1 aliphatic rings. The smallest absolute Gasteiger partial charge is 0.216 e. The third-order valence-corrected chi connectivity index (χ3v) is 2.44. The second kappa shape index (κ2) is 3.40. The Bertz CT molecular complexity index is 353. The van der Waals surface area contributed by atoms with Crippen molar-refractivity contribution in [2.24, 2.45) is 0 Å². The van der Waals surface area contributed by atoms with Crippen molar-refractivity contribution in [2.75, 3.05) is 12.0 Å². The molecule has 1 aromatic rings. The number of methoxy groups -OCH3 is 1. The lowest BCUT2D eigenvalue weighted by Crippen LogP contribution is -2.33. The molecule has 1 aliphatic heterocycles. The fourth-order valence-electron chi connectivity index (χ4n) is 1.78. The van der Waals surface area contributed by atoms with Crippen molar-refractivity contribution < 1.29 is 14.6 Å². The van der Waals surface area contributed by atoms with Crippen LogP contribution in [0.3, 0.4) is 0 Å². The predicted octanol–water partition coefficient (Wildman–Crippen LogP) is 0.669. The number of aliphatic hydroxyl groups excluding tert-OH is 1. The van der Waals surface area contributed by atoms with Crippen molar-refractivity contribution in [1.29, 1.82) is 0 Å². The van der Waals surface area contributed by atoms with Gasteiger partial charge in [0.05, 0.1) is 5.69 Å². The van der Waals surface area contributed by atoms with Gasteiger partial charge in [-0.05, 0) is 6.07 Å². The fourth-order valence-corrected chi connectivity index (χ4v) is 1.78. The number of amides is 1. The highest BCUT2D eigenvalue weighted by Gasteiger charge is 2.36. The number of benzene rings is 1. The van der Waals surface area contributed by atoms with E-state index >= 15 is 0 Å². The number of carbonyl (C=O) groups is 1. The molecular weight excluding hydrogens is 182 g/mol. The van der Waals surface area contributed by atoms with E-state index in [-0.39, 0.29) is 0 Å². The summed E-state index contributed by atoms with van der Waals surface area (Å²) in [6, 6.07) is 7.30. The van der Waals surface area contributed by atoms with E-state index in [0.29, 0.717) is 12.1 Å². The Hall–Kier alpha value is -1.39. The highest BCUT2D eigenvalue weighted by Crippen LogP contribution is 2.38. The van der Waals surface area contributed by atoms with Crippen LogP contribution in [-0.4, -0.2) is 24.9 Å². The van der Waals surface area contributed by atoms with Crippen molar-refractivity contribution in [3.8, 4) is 0 Å². The molecule has 0 bridgehead atoms. The van der Waals surface area contributed by atoms with Crippen LogP contribution in [0.15, 0.2) is 24.3 Å². The van der Waals surface area contributed by atoms with Crippen molar-refractivity contribution in [1.82, 2.24) is 0 Å². The SMILES string of the molecule is COC1c2ccccc2N(C=O)C1O. The molecule has 1 heterocycles. The lowest BCUT2D eigenvalue weighted by molar-refractivity contribution is -0.110. The van der Waals surface area contributed by atoms with Crippen LogP contribution >= 0.6 is 0 Å². The molecule has 1 aromatic carbocycles. The van der Waals surface area contributed by atoms with Crippen LogP contribution < -0.4 is 4.90 Å². The number of aliphatic hydroxyl groups is 1. The molecule has 0 saturated heterocycles. The molecule has 2 atom stereocenters. The highest BCUT2D eigenvalue weighted by molar-refractivity contribution is 5.80. The predicted molar refractivity (Wildman–Crippen MR) is 50.7 cm³/mol. The summed E-state index contributed by atoms with van der Waals surface area (Å²) in [5.74, 6) is 0. The minimum atomic E-state index is -0.921. The summed E-state index contributed by atoms with van der Waals surface area (Å²) in [7, 11) is 1.51. The van der Waals surface area contributed by atoms with Gasteiger partial charge < -0.3 is 9.84 Å². The molecule has 1 N–H and O–H groups in total. The zero-order valence-electron chi connectivity index (χ0n) is 7.75. The number of ether oxygens (including phenoxy) is 1. The summed E-state index contributed by atoms with van der Waals surface area (Å²) < 4.78 is 5.13. The Balaban J connectivity index is 2.50. The summed E-state index contributed by atoms with van der Waals surface area (Å²) in [5.41, 5.74) is 1.55. The van der Waals surface area contributed by atoms with Crippen molar-refractivity contribution >= 4 is 12.1 Å². The van der Waals surface area contributed by atoms with Crippen LogP contribution in [-0.2, 0) is 9.53 Å². The molecule has 4 heteroatoms. The molecule has 0 saturated carbocycles. The lowest BCUT2D eigenvalue weighted by Gasteiger charge is -2.18. The summed E-state index contributed by atoms with van der Waals surface area (Å²) in [4.78, 5) is 12.0. The first-order valence-corrected chi connectivity index (χ1v) is 4.33. The van der Waals surface area contributed by atoms with Crippen LogP contribution in [0.4, 0.5) is 5.69 Å². The first kappa shape index (κ1) is 9.18. The van der Waals surface area contributed by atoms with Crippen LogP contribution in [0.25, 0.3) is 0 Å². The van der Waals surface area contributed by atoms with Gasteiger partial charge in [-0.3, -0.25) is 9.69 Å². The van der Waals surface area contributed by atoms with E-state index in [9.17, 15) is 9.90 Å². The van der Waals surface area contributed by atoms with E-state index in [1.165, 1.54) is 12.0 Å². The summed E-state index contributed by atoms with van der Waals surface area (Å²) in [6.07, 6.45) is -0.756. The van der Waals surface area contributed by atoms with E-state index < -0.39 is 12.3 Å². The van der Waals surface area contributed by atoms with Gasteiger partial charge >= 0.3 is 0 Å². The monoisotopic (exact) mass is 193 g/mol. The Kier molecular flexibility index (Phi) is 2.23. The van der Waals surface area contributed by atoms with Crippen LogP contribution in [0, 0.1) is 0 Å². The maximum atomic E-state index is 10.8. The second-order valence-electron chi connectivity index (χ2n) is 3.14. The van der Waals surface area contributed by atoms with Crippen molar-refractivity contribution in [2.45, 2.75) is 12.3 Å². The maximum Gasteiger partial charge on any atom is 0.216 e. The van der Waals surface area contributed by atoms with E-state index in [4.69, 9.17) is 4.74 Å². The van der Waals surface area contributed by atoms with Gasteiger partial charge in [0.2, 0.25) is 6.41 Å². The molecule has 0 spiro atoms. The molecule has 0 aromatic heterocycles. The Labute approximate surface area is 81.7 Å². The van der Waals surface area contributed by atoms with E-state index in [2.05, 4.69) is 0 Å². The van der Waals surface area contributed by atoms with Gasteiger partial charge in [-0.15, -0.1) is 0 Å². The van der Waals surface area contributed by atoms with Crippen LogP contribution in [0.2, 0.25) is 0 Å². The number of hydrogen-bond acceptors (Lipinski definition) is 3. The zero-order chi connectivity index (χ0) is 10.1. The normalized spacial score (nSPS) is 24.9. The standard InChI is InChI=1S/C10H11NO3/c1-14-9-7-4-2-3-5-8(7)11(6-12)10(9)13/h2-6,9-10,13H,1H3. The molecular formula is C10H11NO3. The Morgan fingerprint density at radius 2 is 2.21 bits per heavy atom. The Morgan fingerprint density at radius 1 is 1.50 bits per heavy atom. The molecule has 14 heavy (non-hydrogen) atoms. The average Bonchev–Trinajstić information content (AvgIpc) is 2.49. The average molecular weight is 193 g/mol. The minimum Gasteiger partial charge on any atom is -0.372 e. The number of hydrogen-bond donors (Lipinski definition) is 1. The quantitative estimate of drug-likeness (QED) is 0.702. The maximum absolute atomic E-state index is 10.8. The molecule has 2 unspecified atom stereocenters. The van der Waals surface area contributed by atoms with Gasteiger partial charge in [0.1, 0.15) is 6.10 Å². The molecule has 1 amide bonds. The molecule has 0 fully saturated rings.